The Morgan fingerprint density at radius 3 is 2.35 bits per heavy atom. The van der Waals surface area contributed by atoms with Crippen LogP contribution in [0.3, 0.4) is 0 Å². The Kier molecular flexibility index (Phi) is 6.95. The summed E-state index contributed by atoms with van der Waals surface area (Å²) in [7, 11) is -2.48. The number of sulfonamides is 1. The highest BCUT2D eigenvalue weighted by Gasteiger charge is 2.52. The maximum Gasteiger partial charge on any atom is 0.247 e. The highest BCUT2D eigenvalue weighted by Crippen LogP contribution is 2.35. The molecule has 2 amide bonds. The van der Waals surface area contributed by atoms with Crippen LogP contribution in [0, 0.1) is 0 Å². The average Bonchev–Trinajstić information content (AvgIpc) is 3.37. The summed E-state index contributed by atoms with van der Waals surface area (Å²) in [6.45, 7) is 1.59. The van der Waals surface area contributed by atoms with Crippen LogP contribution in [0.15, 0.2) is 59.5 Å². The fourth-order valence-corrected chi connectivity index (χ4v) is 6.44. The van der Waals surface area contributed by atoms with E-state index in [4.69, 9.17) is 4.74 Å². The molecule has 34 heavy (non-hydrogen) atoms. The van der Waals surface area contributed by atoms with Crippen molar-refractivity contribution in [1.29, 1.82) is 0 Å². The lowest BCUT2D eigenvalue weighted by molar-refractivity contribution is -0.156. The molecular weight excluding hydrogens is 454 g/mol. The molecule has 1 atom stereocenters. The molecule has 1 saturated heterocycles. The normalized spacial score (nSPS) is 22.1. The fourth-order valence-electron chi connectivity index (χ4n) is 4.96. The molecule has 4 rings (SSSR count). The zero-order chi connectivity index (χ0) is 24.3. The second kappa shape index (κ2) is 9.76. The molecule has 2 aliphatic rings. The maximum atomic E-state index is 13.6. The number of nitrogens with one attached hydrogen (secondary N) is 1. The van der Waals surface area contributed by atoms with Crippen LogP contribution in [0.5, 0.6) is 5.75 Å². The van der Waals surface area contributed by atoms with Crippen LogP contribution in [0.1, 0.15) is 38.2 Å². The van der Waals surface area contributed by atoms with E-state index in [9.17, 15) is 18.0 Å². The predicted molar refractivity (Wildman–Crippen MR) is 128 cm³/mol. The van der Waals surface area contributed by atoms with Crippen LogP contribution in [0.25, 0.3) is 0 Å². The number of rotatable bonds is 7. The number of piperazine rings is 1. The third kappa shape index (κ3) is 4.67. The molecule has 0 radical (unpaired) electrons. The second-order valence-corrected chi connectivity index (χ2v) is 11.0. The monoisotopic (exact) mass is 485 g/mol. The predicted octanol–water partition coefficient (Wildman–Crippen LogP) is 2.55. The van der Waals surface area contributed by atoms with Crippen LogP contribution in [0.2, 0.25) is 0 Å². The van der Waals surface area contributed by atoms with Gasteiger partial charge in [0.25, 0.3) is 0 Å². The molecule has 8 nitrogen and oxygen atoms in total. The summed E-state index contributed by atoms with van der Waals surface area (Å²) in [5.74, 6) is -0.162. The minimum absolute atomic E-state index is 0.0578. The number of ether oxygens (including phenoxy) is 1. The van der Waals surface area contributed by atoms with Gasteiger partial charge in [0.2, 0.25) is 21.8 Å². The molecule has 9 heteroatoms. The molecule has 2 aromatic rings. The smallest absolute Gasteiger partial charge is 0.247 e. The molecule has 1 saturated carbocycles. The van der Waals surface area contributed by atoms with Gasteiger partial charge in [-0.15, -0.1) is 0 Å². The summed E-state index contributed by atoms with van der Waals surface area (Å²) >= 11 is 0. The van der Waals surface area contributed by atoms with Crippen molar-refractivity contribution in [3.63, 3.8) is 0 Å². The molecule has 0 bridgehead atoms. The van der Waals surface area contributed by atoms with Gasteiger partial charge in [0.15, 0.2) is 0 Å². The molecule has 2 aromatic carbocycles. The molecule has 182 valence electrons. The van der Waals surface area contributed by atoms with Crippen LogP contribution in [0.4, 0.5) is 0 Å². The van der Waals surface area contributed by atoms with Crippen LogP contribution < -0.4 is 10.1 Å². The van der Waals surface area contributed by atoms with Gasteiger partial charge in [-0.25, -0.2) is 8.42 Å². The second-order valence-electron chi connectivity index (χ2n) is 9.09. The standard InChI is InChI=1S/C25H31N3O5S/c1-25(24(30)26-16-19-8-4-3-5-9-19)18-27(17-23(29)28(25)20-10-6-7-11-20)34(31,32)22-14-12-21(33-2)13-15-22/h3-5,8-9,12-15,20H,6-7,10-11,16-18H2,1-2H3,(H,26,30). The van der Waals surface area contributed by atoms with Crippen molar-refractivity contribution >= 4 is 21.8 Å². The zero-order valence-corrected chi connectivity index (χ0v) is 20.4. The van der Waals surface area contributed by atoms with Gasteiger partial charge in [0, 0.05) is 19.1 Å². The SMILES string of the molecule is COc1ccc(S(=O)(=O)N2CC(=O)N(C3CCCC3)C(C)(C(=O)NCc3ccccc3)C2)cc1. The molecular formula is C25H31N3O5S. The highest BCUT2D eigenvalue weighted by molar-refractivity contribution is 7.89. The Labute approximate surface area is 200 Å². The van der Waals surface area contributed by atoms with Gasteiger partial charge in [0.1, 0.15) is 11.3 Å². The number of benzene rings is 2. The summed E-state index contributed by atoms with van der Waals surface area (Å²) < 4.78 is 33.1. The van der Waals surface area contributed by atoms with Crippen LogP contribution >= 0.6 is 0 Å². The molecule has 0 aromatic heterocycles. The Balaban J connectivity index is 1.63. The van der Waals surface area contributed by atoms with E-state index in [1.165, 1.54) is 19.2 Å². The molecule has 1 aliphatic heterocycles. The van der Waals surface area contributed by atoms with E-state index in [0.717, 1.165) is 35.6 Å². The largest absolute Gasteiger partial charge is 0.497 e. The Morgan fingerprint density at radius 2 is 1.74 bits per heavy atom. The summed E-state index contributed by atoms with van der Waals surface area (Å²) in [5.41, 5.74) is -0.393. The van der Waals surface area contributed by atoms with E-state index in [2.05, 4.69) is 5.32 Å². The Morgan fingerprint density at radius 1 is 1.09 bits per heavy atom. The first kappa shape index (κ1) is 24.2. The van der Waals surface area contributed by atoms with Crippen molar-refractivity contribution in [1.82, 2.24) is 14.5 Å². The van der Waals surface area contributed by atoms with Crippen LogP contribution in [-0.2, 0) is 26.2 Å². The van der Waals surface area contributed by atoms with E-state index in [1.54, 1.807) is 24.0 Å². The molecule has 0 spiro atoms. The molecule has 2 fully saturated rings. The van der Waals surface area contributed by atoms with Gasteiger partial charge in [-0.05, 0) is 49.6 Å². The number of hydrogen-bond donors (Lipinski definition) is 1. The quantitative estimate of drug-likeness (QED) is 0.650. The Hall–Kier alpha value is -2.91. The number of hydrogen-bond acceptors (Lipinski definition) is 5. The minimum atomic E-state index is -3.99. The van der Waals surface area contributed by atoms with Crippen LogP contribution in [-0.4, -0.2) is 61.2 Å². The van der Waals surface area contributed by atoms with E-state index in [-0.39, 0.29) is 35.8 Å². The Bertz CT molecular complexity index is 1130. The molecule has 1 unspecified atom stereocenters. The number of nitrogens with zero attached hydrogens (tertiary/aromatic N) is 2. The van der Waals surface area contributed by atoms with Crippen molar-refractivity contribution in [2.45, 2.75) is 55.6 Å². The average molecular weight is 486 g/mol. The van der Waals surface area contributed by atoms with Crippen molar-refractivity contribution in [2.24, 2.45) is 0 Å². The lowest BCUT2D eigenvalue weighted by Crippen LogP contribution is -2.71. The first-order valence-corrected chi connectivity index (χ1v) is 13.0. The fraction of sp³-hybridized carbons (Fsp3) is 0.440. The lowest BCUT2D eigenvalue weighted by Gasteiger charge is -2.49. The van der Waals surface area contributed by atoms with Crippen molar-refractivity contribution in [3.05, 3.63) is 60.2 Å². The summed E-state index contributed by atoms with van der Waals surface area (Å²) in [5, 5.41) is 2.94. The molecule has 1 heterocycles. The number of carbonyl (C=O) groups is 2. The van der Waals surface area contributed by atoms with Gasteiger partial charge >= 0.3 is 0 Å². The summed E-state index contributed by atoms with van der Waals surface area (Å²) in [6, 6.07) is 15.5. The van der Waals surface area contributed by atoms with Crippen molar-refractivity contribution in [3.8, 4) is 5.75 Å². The molecule has 1 N–H and O–H groups in total. The summed E-state index contributed by atoms with van der Waals surface area (Å²) in [4.78, 5) is 28.7. The van der Waals surface area contributed by atoms with Gasteiger partial charge in [0.05, 0.1) is 18.6 Å². The van der Waals surface area contributed by atoms with E-state index in [1.807, 2.05) is 30.3 Å². The summed E-state index contributed by atoms with van der Waals surface area (Å²) in [6.07, 6.45) is 3.62. The third-order valence-electron chi connectivity index (χ3n) is 6.77. The van der Waals surface area contributed by atoms with E-state index < -0.39 is 15.6 Å². The third-order valence-corrected chi connectivity index (χ3v) is 8.57. The van der Waals surface area contributed by atoms with E-state index in [0.29, 0.717) is 12.3 Å². The lowest BCUT2D eigenvalue weighted by atomic mass is 9.92. The topological polar surface area (TPSA) is 96.0 Å². The van der Waals surface area contributed by atoms with Gasteiger partial charge in [-0.3, -0.25) is 9.59 Å². The van der Waals surface area contributed by atoms with E-state index >= 15 is 0 Å². The van der Waals surface area contributed by atoms with Gasteiger partial charge in [-0.1, -0.05) is 43.2 Å². The first-order chi connectivity index (χ1) is 16.3. The first-order valence-electron chi connectivity index (χ1n) is 11.5. The number of methoxy groups -OCH3 is 1. The van der Waals surface area contributed by atoms with Crippen molar-refractivity contribution < 1.29 is 22.7 Å². The zero-order valence-electron chi connectivity index (χ0n) is 19.6. The number of amides is 2. The van der Waals surface area contributed by atoms with Gasteiger partial charge < -0.3 is 15.0 Å². The minimum Gasteiger partial charge on any atom is -0.497 e. The van der Waals surface area contributed by atoms with Gasteiger partial charge in [-0.2, -0.15) is 4.31 Å². The maximum absolute atomic E-state index is 13.6. The highest BCUT2D eigenvalue weighted by atomic mass is 32.2. The number of carbonyl (C=O) groups excluding carboxylic acids is 2. The van der Waals surface area contributed by atoms with Crippen molar-refractivity contribution in [2.75, 3.05) is 20.2 Å². The molecule has 1 aliphatic carbocycles.